The zero-order valence-electron chi connectivity index (χ0n) is 12.2. The van der Waals surface area contributed by atoms with Gasteiger partial charge in [-0.2, -0.15) is 0 Å². The van der Waals surface area contributed by atoms with Crippen molar-refractivity contribution in [2.75, 3.05) is 12.3 Å². The van der Waals surface area contributed by atoms with E-state index in [1.54, 1.807) is 0 Å². The molecule has 0 saturated heterocycles. The molecule has 2 fully saturated rings. The molecule has 3 unspecified atom stereocenters. The first-order chi connectivity index (χ1) is 8.98. The minimum atomic E-state index is -3.08. The minimum absolute atomic E-state index is 0.157. The molecule has 0 spiro atoms. The second-order valence-corrected chi connectivity index (χ2v) is 8.27. The van der Waals surface area contributed by atoms with Crippen molar-refractivity contribution in [2.24, 2.45) is 11.8 Å². The van der Waals surface area contributed by atoms with Crippen LogP contribution in [0.3, 0.4) is 0 Å². The lowest BCUT2D eigenvalue weighted by Crippen LogP contribution is -2.38. The average Bonchev–Trinajstić information content (AvgIpc) is 3.11. The molecule has 2 rings (SSSR count). The van der Waals surface area contributed by atoms with E-state index in [-0.39, 0.29) is 11.8 Å². The van der Waals surface area contributed by atoms with Crippen LogP contribution in [0.25, 0.3) is 0 Å². The van der Waals surface area contributed by atoms with Gasteiger partial charge in [0.05, 0.1) is 5.75 Å². The Morgan fingerprint density at radius 2 is 1.79 bits per heavy atom. The highest BCUT2D eigenvalue weighted by molar-refractivity contribution is 7.89. The number of hydrogen-bond acceptors (Lipinski definition) is 3. The molecule has 19 heavy (non-hydrogen) atoms. The molecule has 2 aliphatic carbocycles. The standard InChI is InChI=1S/C14H28N2O2S/c1-11-5-8-14(12(11)2)16-19(17,18)10-4-3-9-15-13-6-7-13/h11-16H,3-10H2,1-2H3. The predicted octanol–water partition coefficient (Wildman–Crippen LogP) is 1.87. The van der Waals surface area contributed by atoms with Gasteiger partial charge in [-0.25, -0.2) is 13.1 Å². The first-order valence-electron chi connectivity index (χ1n) is 7.71. The van der Waals surface area contributed by atoms with E-state index in [1.165, 1.54) is 12.8 Å². The maximum Gasteiger partial charge on any atom is 0.211 e. The Balaban J connectivity index is 1.63. The maximum absolute atomic E-state index is 12.0. The lowest BCUT2D eigenvalue weighted by atomic mass is 9.98. The van der Waals surface area contributed by atoms with Crippen LogP contribution in [0.4, 0.5) is 0 Å². The van der Waals surface area contributed by atoms with E-state index in [0.717, 1.165) is 38.3 Å². The molecular weight excluding hydrogens is 260 g/mol. The monoisotopic (exact) mass is 288 g/mol. The number of nitrogens with one attached hydrogen (secondary N) is 2. The van der Waals surface area contributed by atoms with Crippen LogP contribution in [-0.2, 0) is 10.0 Å². The zero-order valence-corrected chi connectivity index (χ0v) is 13.0. The number of hydrogen-bond donors (Lipinski definition) is 2. The summed E-state index contributed by atoms with van der Waals surface area (Å²) < 4.78 is 26.9. The molecule has 0 aromatic carbocycles. The van der Waals surface area contributed by atoms with Crippen LogP contribution < -0.4 is 10.0 Å². The molecule has 112 valence electrons. The molecule has 2 aliphatic rings. The van der Waals surface area contributed by atoms with Crippen LogP contribution in [0.1, 0.15) is 52.4 Å². The van der Waals surface area contributed by atoms with E-state index in [2.05, 4.69) is 23.9 Å². The van der Waals surface area contributed by atoms with Gasteiger partial charge in [0.1, 0.15) is 0 Å². The van der Waals surface area contributed by atoms with E-state index in [4.69, 9.17) is 0 Å². The molecular formula is C14H28N2O2S. The van der Waals surface area contributed by atoms with Crippen LogP contribution in [0.2, 0.25) is 0 Å². The molecule has 0 bridgehead atoms. The lowest BCUT2D eigenvalue weighted by Gasteiger charge is -2.19. The molecule has 2 N–H and O–H groups in total. The summed E-state index contributed by atoms with van der Waals surface area (Å²) in [4.78, 5) is 0. The van der Waals surface area contributed by atoms with Crippen LogP contribution >= 0.6 is 0 Å². The normalized spacial score (nSPS) is 31.8. The molecule has 0 amide bonds. The number of unbranched alkanes of at least 4 members (excludes halogenated alkanes) is 1. The van der Waals surface area contributed by atoms with Crippen LogP contribution in [0, 0.1) is 11.8 Å². The first-order valence-corrected chi connectivity index (χ1v) is 9.36. The molecule has 5 heteroatoms. The third-order valence-electron chi connectivity index (χ3n) is 4.65. The van der Waals surface area contributed by atoms with Crippen molar-refractivity contribution < 1.29 is 8.42 Å². The highest BCUT2D eigenvalue weighted by Gasteiger charge is 2.32. The van der Waals surface area contributed by atoms with Crippen molar-refractivity contribution in [1.82, 2.24) is 10.0 Å². The number of sulfonamides is 1. The SMILES string of the molecule is CC1CCC(NS(=O)(=O)CCCCNC2CC2)C1C. The first kappa shape index (κ1) is 15.3. The Kier molecular flexibility index (Phi) is 5.26. The molecule has 3 atom stereocenters. The second kappa shape index (κ2) is 6.55. The Labute approximate surface area is 117 Å². The zero-order chi connectivity index (χ0) is 13.9. The van der Waals surface area contributed by atoms with Crippen LogP contribution in [0.5, 0.6) is 0 Å². The van der Waals surface area contributed by atoms with E-state index in [0.29, 0.717) is 11.8 Å². The highest BCUT2D eigenvalue weighted by atomic mass is 32.2. The van der Waals surface area contributed by atoms with Gasteiger partial charge in [-0.3, -0.25) is 0 Å². The maximum atomic E-state index is 12.0. The van der Waals surface area contributed by atoms with Crippen molar-refractivity contribution in [3.8, 4) is 0 Å². The lowest BCUT2D eigenvalue weighted by molar-refractivity contribution is 0.402. The van der Waals surface area contributed by atoms with E-state index < -0.39 is 10.0 Å². The Hall–Kier alpha value is -0.130. The molecule has 0 aromatic heterocycles. The fraction of sp³-hybridized carbons (Fsp3) is 1.00. The Morgan fingerprint density at radius 1 is 1.05 bits per heavy atom. The van der Waals surface area contributed by atoms with Crippen LogP contribution in [0.15, 0.2) is 0 Å². The van der Waals surface area contributed by atoms with Gasteiger partial charge in [0.2, 0.25) is 10.0 Å². The summed E-state index contributed by atoms with van der Waals surface area (Å²) in [5, 5.41) is 3.41. The summed E-state index contributed by atoms with van der Waals surface area (Å²) in [6, 6.07) is 0.875. The summed E-state index contributed by atoms with van der Waals surface area (Å²) >= 11 is 0. The van der Waals surface area contributed by atoms with Gasteiger partial charge >= 0.3 is 0 Å². The van der Waals surface area contributed by atoms with Gasteiger partial charge in [-0.1, -0.05) is 13.8 Å². The fourth-order valence-corrected chi connectivity index (χ4v) is 4.33. The van der Waals surface area contributed by atoms with E-state index in [9.17, 15) is 8.42 Å². The molecule has 2 saturated carbocycles. The molecule has 0 radical (unpaired) electrons. The quantitative estimate of drug-likeness (QED) is 0.670. The molecule has 0 heterocycles. The summed E-state index contributed by atoms with van der Waals surface area (Å²) in [6.07, 6.45) is 6.42. The molecule has 0 aromatic rings. The van der Waals surface area contributed by atoms with Crippen molar-refractivity contribution in [3.05, 3.63) is 0 Å². The topological polar surface area (TPSA) is 58.2 Å². The minimum Gasteiger partial charge on any atom is -0.314 e. The van der Waals surface area contributed by atoms with Crippen molar-refractivity contribution in [1.29, 1.82) is 0 Å². The van der Waals surface area contributed by atoms with Crippen molar-refractivity contribution in [3.63, 3.8) is 0 Å². The Bertz CT molecular complexity index is 379. The average molecular weight is 288 g/mol. The third-order valence-corrected chi connectivity index (χ3v) is 6.13. The van der Waals surface area contributed by atoms with E-state index in [1.807, 2.05) is 0 Å². The molecule has 4 nitrogen and oxygen atoms in total. The van der Waals surface area contributed by atoms with Crippen molar-refractivity contribution >= 4 is 10.0 Å². The number of rotatable bonds is 8. The Morgan fingerprint density at radius 3 is 2.37 bits per heavy atom. The highest BCUT2D eigenvalue weighted by Crippen LogP contribution is 2.31. The predicted molar refractivity (Wildman–Crippen MR) is 78.5 cm³/mol. The fourth-order valence-electron chi connectivity index (χ4n) is 2.83. The van der Waals surface area contributed by atoms with Gasteiger partial charge < -0.3 is 5.32 Å². The largest absolute Gasteiger partial charge is 0.314 e. The van der Waals surface area contributed by atoms with Gasteiger partial charge in [0.15, 0.2) is 0 Å². The smallest absolute Gasteiger partial charge is 0.211 e. The molecule has 0 aliphatic heterocycles. The second-order valence-electron chi connectivity index (χ2n) is 6.39. The summed E-state index contributed by atoms with van der Waals surface area (Å²) in [5.74, 6) is 1.37. The summed E-state index contributed by atoms with van der Waals surface area (Å²) in [6.45, 7) is 5.32. The van der Waals surface area contributed by atoms with Gasteiger partial charge in [-0.15, -0.1) is 0 Å². The van der Waals surface area contributed by atoms with Crippen LogP contribution in [-0.4, -0.2) is 32.8 Å². The van der Waals surface area contributed by atoms with Gasteiger partial charge in [0.25, 0.3) is 0 Å². The van der Waals surface area contributed by atoms with E-state index >= 15 is 0 Å². The summed E-state index contributed by atoms with van der Waals surface area (Å²) in [7, 11) is -3.08. The van der Waals surface area contributed by atoms with Gasteiger partial charge in [0, 0.05) is 12.1 Å². The van der Waals surface area contributed by atoms with Crippen molar-refractivity contribution in [2.45, 2.75) is 64.5 Å². The summed E-state index contributed by atoms with van der Waals surface area (Å²) in [5.41, 5.74) is 0. The van der Waals surface area contributed by atoms with Gasteiger partial charge in [-0.05, 0) is 56.9 Å². The third kappa shape index (κ3) is 5.04.